The lowest BCUT2D eigenvalue weighted by atomic mass is 10.1. The molecule has 1 N–H and O–H groups in total. The average molecular weight is 399 g/mol. The zero-order chi connectivity index (χ0) is 19.4. The van der Waals surface area contributed by atoms with Crippen LogP contribution in [0.15, 0.2) is 51.0 Å². The molecule has 0 aliphatic carbocycles. The van der Waals surface area contributed by atoms with Crippen molar-refractivity contribution >= 4 is 34.7 Å². The lowest BCUT2D eigenvalue weighted by Gasteiger charge is -2.11. The van der Waals surface area contributed by atoms with Crippen molar-refractivity contribution in [3.05, 3.63) is 64.2 Å². The SMILES string of the molecule is COc1cc(CC(=O)Nc2ccc(Sc3nc(C)cs3)cc2C)ccc1C. The van der Waals surface area contributed by atoms with Gasteiger partial charge in [0.15, 0.2) is 4.34 Å². The molecule has 3 rings (SSSR count). The van der Waals surface area contributed by atoms with Crippen molar-refractivity contribution < 1.29 is 9.53 Å². The fraction of sp³-hybridized carbons (Fsp3) is 0.238. The number of nitrogens with one attached hydrogen (secondary N) is 1. The number of amides is 1. The maximum atomic E-state index is 12.4. The molecule has 27 heavy (non-hydrogen) atoms. The van der Waals surface area contributed by atoms with Crippen LogP contribution in [0.3, 0.4) is 0 Å². The zero-order valence-electron chi connectivity index (χ0n) is 15.8. The first kappa shape index (κ1) is 19.5. The summed E-state index contributed by atoms with van der Waals surface area (Å²) in [6.45, 7) is 5.98. The number of aryl methyl sites for hydroxylation is 3. The van der Waals surface area contributed by atoms with Crippen molar-refractivity contribution in [1.82, 2.24) is 4.98 Å². The van der Waals surface area contributed by atoms with Crippen molar-refractivity contribution in [3.8, 4) is 5.75 Å². The van der Waals surface area contributed by atoms with Gasteiger partial charge in [0.2, 0.25) is 5.91 Å². The van der Waals surface area contributed by atoms with Gasteiger partial charge in [0.05, 0.1) is 13.5 Å². The summed E-state index contributed by atoms with van der Waals surface area (Å²) in [5, 5.41) is 5.05. The van der Waals surface area contributed by atoms with Crippen LogP contribution in [0.4, 0.5) is 5.69 Å². The molecule has 4 nitrogen and oxygen atoms in total. The van der Waals surface area contributed by atoms with Crippen LogP contribution in [0.25, 0.3) is 0 Å². The van der Waals surface area contributed by atoms with Crippen molar-refractivity contribution in [2.45, 2.75) is 36.4 Å². The molecule has 140 valence electrons. The third-order valence-electron chi connectivity index (χ3n) is 4.11. The third-order valence-corrected chi connectivity index (χ3v) is 6.16. The number of thiazole rings is 1. The first-order chi connectivity index (χ1) is 12.9. The topological polar surface area (TPSA) is 51.2 Å². The smallest absolute Gasteiger partial charge is 0.228 e. The van der Waals surface area contributed by atoms with Gasteiger partial charge < -0.3 is 10.1 Å². The van der Waals surface area contributed by atoms with Gasteiger partial charge in [0.25, 0.3) is 0 Å². The first-order valence-corrected chi connectivity index (χ1v) is 10.3. The fourth-order valence-electron chi connectivity index (χ4n) is 2.67. The van der Waals surface area contributed by atoms with Crippen molar-refractivity contribution in [2.24, 2.45) is 0 Å². The number of carbonyl (C=O) groups excluding carboxylic acids is 1. The standard InChI is InChI=1S/C21H22N2O2S2/c1-13-5-6-16(10-19(13)25-4)11-20(24)23-18-8-7-17(9-14(18)2)27-21-22-15(3)12-26-21/h5-10,12H,11H2,1-4H3,(H,23,24). The predicted molar refractivity (Wildman–Crippen MR) is 112 cm³/mol. The van der Waals surface area contributed by atoms with E-state index in [4.69, 9.17) is 4.74 Å². The maximum Gasteiger partial charge on any atom is 0.228 e. The zero-order valence-corrected chi connectivity index (χ0v) is 17.5. The molecule has 0 saturated carbocycles. The Kier molecular flexibility index (Phi) is 6.19. The molecule has 1 aromatic heterocycles. The first-order valence-electron chi connectivity index (χ1n) is 8.58. The van der Waals surface area contributed by atoms with E-state index in [1.165, 1.54) is 0 Å². The number of aromatic nitrogens is 1. The van der Waals surface area contributed by atoms with E-state index in [0.29, 0.717) is 6.42 Å². The number of nitrogens with zero attached hydrogens (tertiary/aromatic N) is 1. The summed E-state index contributed by atoms with van der Waals surface area (Å²) >= 11 is 3.28. The van der Waals surface area contributed by atoms with Gasteiger partial charge in [-0.25, -0.2) is 4.98 Å². The van der Waals surface area contributed by atoms with Crippen LogP contribution in [0.1, 0.15) is 22.4 Å². The Balaban J connectivity index is 1.65. The molecule has 0 aliphatic rings. The summed E-state index contributed by atoms with van der Waals surface area (Å²) in [5.74, 6) is 0.759. The Hall–Kier alpha value is -2.31. The van der Waals surface area contributed by atoms with Crippen LogP contribution in [0.2, 0.25) is 0 Å². The molecule has 2 aromatic carbocycles. The van der Waals surface area contributed by atoms with Crippen LogP contribution in [0.5, 0.6) is 5.75 Å². The summed E-state index contributed by atoms with van der Waals surface area (Å²) in [6, 6.07) is 11.9. The molecule has 0 radical (unpaired) electrons. The lowest BCUT2D eigenvalue weighted by Crippen LogP contribution is -2.15. The van der Waals surface area contributed by atoms with Crippen molar-refractivity contribution in [1.29, 1.82) is 0 Å². The summed E-state index contributed by atoms with van der Waals surface area (Å²) in [6.07, 6.45) is 0.310. The van der Waals surface area contributed by atoms with E-state index < -0.39 is 0 Å². The molecule has 0 unspecified atom stereocenters. The Morgan fingerprint density at radius 2 is 1.96 bits per heavy atom. The van der Waals surface area contributed by atoms with Crippen molar-refractivity contribution in [3.63, 3.8) is 0 Å². The second-order valence-corrected chi connectivity index (χ2v) is 8.54. The lowest BCUT2D eigenvalue weighted by molar-refractivity contribution is -0.115. The Morgan fingerprint density at radius 1 is 1.15 bits per heavy atom. The molecular formula is C21H22N2O2S2. The van der Waals surface area contributed by atoms with E-state index in [-0.39, 0.29) is 5.91 Å². The van der Waals surface area contributed by atoms with Crippen LogP contribution in [0, 0.1) is 20.8 Å². The highest BCUT2D eigenvalue weighted by molar-refractivity contribution is 8.01. The molecular weight excluding hydrogens is 376 g/mol. The molecule has 0 bridgehead atoms. The largest absolute Gasteiger partial charge is 0.496 e. The Bertz CT molecular complexity index is 967. The van der Waals surface area contributed by atoms with Crippen molar-refractivity contribution in [2.75, 3.05) is 12.4 Å². The van der Waals surface area contributed by atoms with E-state index in [9.17, 15) is 4.79 Å². The molecule has 0 spiro atoms. The number of hydrogen-bond acceptors (Lipinski definition) is 5. The van der Waals surface area contributed by atoms with Gasteiger partial charge in [-0.05, 0) is 61.7 Å². The number of anilines is 1. The van der Waals surface area contributed by atoms with E-state index in [0.717, 1.165) is 43.1 Å². The van der Waals surface area contributed by atoms with Gasteiger partial charge in [-0.15, -0.1) is 11.3 Å². The van der Waals surface area contributed by atoms with Gasteiger partial charge in [-0.2, -0.15) is 0 Å². The van der Waals surface area contributed by atoms with Gasteiger partial charge in [-0.1, -0.05) is 23.9 Å². The highest BCUT2D eigenvalue weighted by atomic mass is 32.2. The highest BCUT2D eigenvalue weighted by Crippen LogP contribution is 2.32. The maximum absolute atomic E-state index is 12.4. The normalized spacial score (nSPS) is 10.7. The third kappa shape index (κ3) is 5.11. The minimum Gasteiger partial charge on any atom is -0.496 e. The van der Waals surface area contributed by atoms with E-state index in [1.807, 2.05) is 56.5 Å². The number of ether oxygens (including phenoxy) is 1. The average Bonchev–Trinajstić information content (AvgIpc) is 3.04. The van der Waals surface area contributed by atoms with Gasteiger partial charge in [0.1, 0.15) is 5.75 Å². The summed E-state index contributed by atoms with van der Waals surface area (Å²) in [4.78, 5) is 18.0. The summed E-state index contributed by atoms with van der Waals surface area (Å²) < 4.78 is 6.35. The molecule has 0 fully saturated rings. The fourth-order valence-corrected chi connectivity index (χ4v) is 4.58. The second-order valence-electron chi connectivity index (χ2n) is 6.36. The van der Waals surface area contributed by atoms with E-state index in [2.05, 4.69) is 16.4 Å². The monoisotopic (exact) mass is 398 g/mol. The van der Waals surface area contributed by atoms with Gasteiger partial charge >= 0.3 is 0 Å². The molecule has 0 saturated heterocycles. The molecule has 0 aliphatic heterocycles. The van der Waals surface area contributed by atoms with Gasteiger partial charge in [0, 0.05) is 21.7 Å². The number of benzene rings is 2. The number of methoxy groups -OCH3 is 1. The molecule has 0 atom stereocenters. The minimum absolute atomic E-state index is 0.0417. The van der Waals surface area contributed by atoms with E-state index in [1.54, 1.807) is 30.2 Å². The van der Waals surface area contributed by atoms with Crippen LogP contribution < -0.4 is 10.1 Å². The van der Waals surface area contributed by atoms with Crippen LogP contribution >= 0.6 is 23.1 Å². The van der Waals surface area contributed by atoms with Crippen LogP contribution in [-0.4, -0.2) is 18.0 Å². The second kappa shape index (κ2) is 8.59. The quantitative estimate of drug-likeness (QED) is 0.603. The predicted octanol–water partition coefficient (Wildman–Crippen LogP) is 5.41. The Morgan fingerprint density at radius 3 is 2.63 bits per heavy atom. The summed E-state index contributed by atoms with van der Waals surface area (Å²) in [5.41, 5.74) is 4.89. The Labute approximate surface area is 168 Å². The molecule has 1 heterocycles. The summed E-state index contributed by atoms with van der Waals surface area (Å²) in [7, 11) is 1.64. The van der Waals surface area contributed by atoms with Crippen LogP contribution in [-0.2, 0) is 11.2 Å². The highest BCUT2D eigenvalue weighted by Gasteiger charge is 2.10. The minimum atomic E-state index is -0.0417. The number of rotatable bonds is 6. The molecule has 6 heteroatoms. The number of carbonyl (C=O) groups is 1. The molecule has 3 aromatic rings. The number of hydrogen-bond donors (Lipinski definition) is 1. The molecule has 1 amide bonds. The van der Waals surface area contributed by atoms with Gasteiger partial charge in [-0.3, -0.25) is 4.79 Å². The van der Waals surface area contributed by atoms with E-state index >= 15 is 0 Å².